The highest BCUT2D eigenvalue weighted by molar-refractivity contribution is 5.49. The molecule has 21 heavy (non-hydrogen) atoms. The molecule has 0 amide bonds. The smallest absolute Gasteiger partial charge is 0.146 e. The summed E-state index contributed by atoms with van der Waals surface area (Å²) >= 11 is 0. The molecule has 0 aliphatic carbocycles. The second kappa shape index (κ2) is 6.70. The molecule has 0 aromatic heterocycles. The van der Waals surface area contributed by atoms with Gasteiger partial charge in [0.05, 0.1) is 11.9 Å². The fourth-order valence-corrected chi connectivity index (χ4v) is 2.69. The summed E-state index contributed by atoms with van der Waals surface area (Å²) in [7, 11) is 0. The molecule has 2 N–H and O–H groups in total. The van der Waals surface area contributed by atoms with Crippen molar-refractivity contribution in [3.05, 3.63) is 66.0 Å². The molecule has 110 valence electrons. The summed E-state index contributed by atoms with van der Waals surface area (Å²) in [5, 5.41) is 6.87. The number of hydrogen-bond donors (Lipinski definition) is 2. The summed E-state index contributed by atoms with van der Waals surface area (Å²) in [6.45, 7) is 3.25. The first-order chi connectivity index (χ1) is 10.3. The Morgan fingerprint density at radius 1 is 1.10 bits per heavy atom. The third-order valence-electron chi connectivity index (χ3n) is 3.79. The molecule has 1 fully saturated rings. The van der Waals surface area contributed by atoms with Crippen LogP contribution in [0.1, 0.15) is 5.56 Å². The van der Waals surface area contributed by atoms with Gasteiger partial charge in [-0.15, -0.1) is 0 Å². The number of halogens is 1. The van der Waals surface area contributed by atoms with E-state index in [-0.39, 0.29) is 12.0 Å². The van der Waals surface area contributed by atoms with E-state index in [1.807, 2.05) is 30.3 Å². The van der Waals surface area contributed by atoms with Crippen LogP contribution in [0, 0.1) is 5.82 Å². The second-order valence-corrected chi connectivity index (χ2v) is 5.23. The van der Waals surface area contributed by atoms with Crippen molar-refractivity contribution in [2.45, 2.75) is 12.7 Å². The van der Waals surface area contributed by atoms with Gasteiger partial charge in [-0.05, 0) is 17.7 Å². The first-order valence-electron chi connectivity index (χ1n) is 7.34. The highest BCUT2D eigenvalue weighted by Gasteiger charge is 2.23. The maximum Gasteiger partial charge on any atom is 0.146 e. The van der Waals surface area contributed by atoms with E-state index < -0.39 is 0 Å². The zero-order valence-electron chi connectivity index (χ0n) is 11.9. The van der Waals surface area contributed by atoms with E-state index in [0.29, 0.717) is 5.69 Å². The van der Waals surface area contributed by atoms with Crippen molar-refractivity contribution in [1.29, 1.82) is 0 Å². The minimum Gasteiger partial charge on any atom is -0.351 e. The molecule has 0 spiro atoms. The lowest BCUT2D eigenvalue weighted by atomic mass is 10.2. The Kier molecular flexibility index (Phi) is 4.48. The van der Waals surface area contributed by atoms with Crippen LogP contribution in [0.2, 0.25) is 0 Å². The van der Waals surface area contributed by atoms with Crippen LogP contribution < -0.4 is 15.5 Å². The zero-order chi connectivity index (χ0) is 14.5. The number of nitrogens with one attached hydrogen (secondary N) is 2. The van der Waals surface area contributed by atoms with Gasteiger partial charge in [-0.3, -0.25) is 5.32 Å². The second-order valence-electron chi connectivity index (χ2n) is 5.23. The van der Waals surface area contributed by atoms with Crippen LogP contribution in [-0.4, -0.2) is 25.8 Å². The first-order valence-corrected chi connectivity index (χ1v) is 7.34. The van der Waals surface area contributed by atoms with Crippen LogP contribution in [0.3, 0.4) is 0 Å². The van der Waals surface area contributed by atoms with E-state index >= 15 is 0 Å². The maximum atomic E-state index is 14.0. The molecule has 1 atom stereocenters. The van der Waals surface area contributed by atoms with E-state index in [9.17, 15) is 4.39 Å². The predicted molar refractivity (Wildman–Crippen MR) is 83.7 cm³/mol. The number of hydrogen-bond acceptors (Lipinski definition) is 3. The van der Waals surface area contributed by atoms with E-state index in [4.69, 9.17) is 0 Å². The highest BCUT2D eigenvalue weighted by Crippen LogP contribution is 2.21. The molecular weight excluding hydrogens is 265 g/mol. The number of benzene rings is 2. The summed E-state index contributed by atoms with van der Waals surface area (Å²) in [5.41, 5.74) is 1.90. The Morgan fingerprint density at radius 2 is 1.86 bits per heavy atom. The van der Waals surface area contributed by atoms with Gasteiger partial charge in [0, 0.05) is 26.2 Å². The number of rotatable bonds is 4. The molecule has 1 unspecified atom stereocenters. The summed E-state index contributed by atoms with van der Waals surface area (Å²) in [6.07, 6.45) is 0.0934. The maximum absolute atomic E-state index is 14.0. The van der Waals surface area contributed by atoms with Gasteiger partial charge in [0.15, 0.2) is 0 Å². The minimum absolute atomic E-state index is 0.0934. The van der Waals surface area contributed by atoms with Gasteiger partial charge < -0.3 is 10.2 Å². The fraction of sp³-hybridized carbons (Fsp3) is 0.294. The summed E-state index contributed by atoms with van der Waals surface area (Å²) in [4.78, 5) is 2.11. The SMILES string of the molecule is Fc1ccccc1N1CCNCC1NCc1ccccc1. The van der Waals surface area contributed by atoms with Crippen LogP contribution in [0.5, 0.6) is 0 Å². The normalized spacial score (nSPS) is 18.7. The van der Waals surface area contributed by atoms with E-state index in [1.54, 1.807) is 6.07 Å². The van der Waals surface area contributed by atoms with Gasteiger partial charge in [-0.2, -0.15) is 0 Å². The zero-order valence-corrected chi connectivity index (χ0v) is 11.9. The lowest BCUT2D eigenvalue weighted by Crippen LogP contribution is -2.58. The third kappa shape index (κ3) is 3.40. The van der Waals surface area contributed by atoms with Crippen molar-refractivity contribution in [1.82, 2.24) is 10.6 Å². The molecule has 0 bridgehead atoms. The molecule has 2 aromatic carbocycles. The summed E-state index contributed by atoms with van der Waals surface area (Å²) in [5.74, 6) is -0.161. The number of anilines is 1. The molecule has 1 aliphatic rings. The van der Waals surface area contributed by atoms with Crippen LogP contribution >= 0.6 is 0 Å². The Bertz CT molecular complexity index is 573. The molecule has 3 nitrogen and oxygen atoms in total. The minimum atomic E-state index is -0.161. The highest BCUT2D eigenvalue weighted by atomic mass is 19.1. The quantitative estimate of drug-likeness (QED) is 0.903. The van der Waals surface area contributed by atoms with Crippen molar-refractivity contribution < 1.29 is 4.39 Å². The standard InChI is InChI=1S/C17H20FN3/c18-15-8-4-5-9-16(15)21-11-10-19-13-17(21)20-12-14-6-2-1-3-7-14/h1-9,17,19-20H,10-13H2. The molecular formula is C17H20FN3. The van der Waals surface area contributed by atoms with E-state index in [0.717, 1.165) is 26.2 Å². The Balaban J connectivity index is 1.71. The van der Waals surface area contributed by atoms with Crippen molar-refractivity contribution in [3.63, 3.8) is 0 Å². The van der Waals surface area contributed by atoms with E-state index in [2.05, 4.69) is 27.7 Å². The van der Waals surface area contributed by atoms with Gasteiger partial charge in [0.1, 0.15) is 5.82 Å². The van der Waals surface area contributed by atoms with Crippen molar-refractivity contribution >= 4 is 5.69 Å². The van der Waals surface area contributed by atoms with E-state index in [1.165, 1.54) is 11.6 Å². The van der Waals surface area contributed by atoms with Crippen LogP contribution in [-0.2, 0) is 6.54 Å². The first kappa shape index (κ1) is 14.0. The number of nitrogens with zero attached hydrogens (tertiary/aromatic N) is 1. The average Bonchev–Trinajstić information content (AvgIpc) is 2.55. The molecule has 1 saturated heterocycles. The van der Waals surface area contributed by atoms with Crippen molar-refractivity contribution in [2.24, 2.45) is 0 Å². The Morgan fingerprint density at radius 3 is 2.67 bits per heavy atom. The largest absolute Gasteiger partial charge is 0.351 e. The molecule has 0 radical (unpaired) electrons. The fourth-order valence-electron chi connectivity index (χ4n) is 2.69. The monoisotopic (exact) mass is 285 g/mol. The van der Waals surface area contributed by atoms with Crippen LogP contribution in [0.25, 0.3) is 0 Å². The predicted octanol–water partition coefficient (Wildman–Crippen LogP) is 2.35. The van der Waals surface area contributed by atoms with Gasteiger partial charge >= 0.3 is 0 Å². The molecule has 1 heterocycles. The topological polar surface area (TPSA) is 27.3 Å². The summed E-state index contributed by atoms with van der Waals surface area (Å²) < 4.78 is 14.0. The van der Waals surface area contributed by atoms with Gasteiger partial charge in [-0.25, -0.2) is 4.39 Å². The number of piperazine rings is 1. The molecule has 0 saturated carbocycles. The molecule has 1 aliphatic heterocycles. The van der Waals surface area contributed by atoms with Gasteiger partial charge in [0.25, 0.3) is 0 Å². The summed E-state index contributed by atoms with van der Waals surface area (Å²) in [6, 6.07) is 17.2. The van der Waals surface area contributed by atoms with Crippen LogP contribution in [0.4, 0.5) is 10.1 Å². The Hall–Kier alpha value is -1.91. The van der Waals surface area contributed by atoms with Gasteiger partial charge in [0.2, 0.25) is 0 Å². The number of para-hydroxylation sites is 1. The lowest BCUT2D eigenvalue weighted by Gasteiger charge is -2.38. The molecule has 2 aromatic rings. The lowest BCUT2D eigenvalue weighted by molar-refractivity contribution is 0.405. The third-order valence-corrected chi connectivity index (χ3v) is 3.79. The van der Waals surface area contributed by atoms with Crippen molar-refractivity contribution in [3.8, 4) is 0 Å². The molecule has 4 heteroatoms. The molecule has 3 rings (SSSR count). The average molecular weight is 285 g/mol. The van der Waals surface area contributed by atoms with Crippen LogP contribution in [0.15, 0.2) is 54.6 Å². The van der Waals surface area contributed by atoms with Crippen molar-refractivity contribution in [2.75, 3.05) is 24.5 Å². The van der Waals surface area contributed by atoms with Gasteiger partial charge in [-0.1, -0.05) is 42.5 Å². The Labute approximate surface area is 124 Å².